The molecule has 1 fully saturated rings. The van der Waals surface area contributed by atoms with Crippen molar-refractivity contribution in [2.75, 3.05) is 13.2 Å². The molecule has 2 atom stereocenters. The Hall–Kier alpha value is -2.27. The zero-order chi connectivity index (χ0) is 21.8. The maximum absolute atomic E-state index is 13.2. The van der Waals surface area contributed by atoms with Crippen molar-refractivity contribution in [3.8, 4) is 0 Å². The molecule has 1 unspecified atom stereocenters. The lowest BCUT2D eigenvalue weighted by Gasteiger charge is -2.29. The molecule has 31 heavy (non-hydrogen) atoms. The largest absolute Gasteiger partial charge is 0.389 e. The first kappa shape index (κ1) is 21.9. The molecular weight excluding hydrogens is 389 g/mol. The van der Waals surface area contributed by atoms with Crippen LogP contribution in [0, 0.1) is 11.7 Å². The highest BCUT2D eigenvalue weighted by Crippen LogP contribution is 2.43. The van der Waals surface area contributed by atoms with Crippen molar-refractivity contribution in [1.82, 2.24) is 5.32 Å². The maximum Gasteiger partial charge on any atom is 0.123 e. The van der Waals surface area contributed by atoms with Crippen LogP contribution in [0.15, 0.2) is 66.7 Å². The van der Waals surface area contributed by atoms with Gasteiger partial charge in [0.2, 0.25) is 0 Å². The molecule has 0 saturated heterocycles. The van der Waals surface area contributed by atoms with Crippen LogP contribution in [-0.4, -0.2) is 29.9 Å². The van der Waals surface area contributed by atoms with Gasteiger partial charge in [-0.25, -0.2) is 4.39 Å². The van der Waals surface area contributed by atoms with Crippen LogP contribution in [0.5, 0.6) is 0 Å². The minimum atomic E-state index is -0.599. The Bertz CT molecular complexity index is 998. The van der Waals surface area contributed by atoms with E-state index < -0.39 is 6.10 Å². The average Bonchev–Trinajstić information content (AvgIpc) is 3.59. The quantitative estimate of drug-likeness (QED) is 0.459. The molecule has 0 amide bonds. The first-order valence-corrected chi connectivity index (χ1v) is 11.2. The van der Waals surface area contributed by atoms with Gasteiger partial charge in [-0.15, -0.1) is 0 Å². The summed E-state index contributed by atoms with van der Waals surface area (Å²) in [6.07, 6.45) is 2.44. The van der Waals surface area contributed by atoms with Gasteiger partial charge in [0.05, 0.1) is 18.8 Å². The van der Waals surface area contributed by atoms with Crippen LogP contribution < -0.4 is 5.32 Å². The summed E-state index contributed by atoms with van der Waals surface area (Å²) < 4.78 is 19.3. The van der Waals surface area contributed by atoms with Crippen LogP contribution in [0.4, 0.5) is 4.39 Å². The summed E-state index contributed by atoms with van der Waals surface area (Å²) >= 11 is 0. The molecular formula is C27H32FNO2. The standard InChI is InChI=1S/C27H32FNO2/c1-27(2,16-19-7-8-20-5-3-4-6-23(20)15-19)29-17-25(30)18-31-26(21-9-10-21)22-11-13-24(28)14-12-22/h3-8,11-15,21,25-26,29-30H,9-10,16-18H2,1-2H3/t25-,26?/m1/s1. The Morgan fingerprint density at radius 2 is 1.74 bits per heavy atom. The Labute approximate surface area is 184 Å². The highest BCUT2D eigenvalue weighted by Gasteiger charge is 2.33. The zero-order valence-corrected chi connectivity index (χ0v) is 18.4. The second kappa shape index (κ2) is 9.47. The summed E-state index contributed by atoms with van der Waals surface area (Å²) in [6, 6.07) is 21.5. The molecule has 4 heteroatoms. The fourth-order valence-corrected chi connectivity index (χ4v) is 4.15. The molecule has 164 valence electrons. The predicted molar refractivity (Wildman–Crippen MR) is 124 cm³/mol. The van der Waals surface area contributed by atoms with Crippen LogP contribution in [-0.2, 0) is 11.2 Å². The molecule has 2 N–H and O–H groups in total. The Balaban J connectivity index is 1.28. The van der Waals surface area contributed by atoms with Gasteiger partial charge in [0.25, 0.3) is 0 Å². The van der Waals surface area contributed by atoms with E-state index >= 15 is 0 Å². The minimum Gasteiger partial charge on any atom is -0.389 e. The van der Waals surface area contributed by atoms with E-state index in [1.807, 2.05) is 0 Å². The Kier molecular flexibility index (Phi) is 6.71. The topological polar surface area (TPSA) is 41.5 Å². The third-order valence-corrected chi connectivity index (χ3v) is 5.99. The SMILES string of the molecule is CC(C)(Cc1ccc2ccccc2c1)NC[C@@H](O)COC(c1ccc(F)cc1)C1CC1. The van der Waals surface area contributed by atoms with Gasteiger partial charge in [-0.1, -0.05) is 54.6 Å². The third-order valence-electron chi connectivity index (χ3n) is 5.99. The molecule has 1 saturated carbocycles. The fraction of sp³-hybridized carbons (Fsp3) is 0.407. The molecule has 1 aliphatic carbocycles. The number of aliphatic hydroxyl groups is 1. The van der Waals surface area contributed by atoms with Crippen molar-refractivity contribution in [3.05, 3.63) is 83.7 Å². The number of fused-ring (bicyclic) bond motifs is 1. The van der Waals surface area contributed by atoms with Crippen LogP contribution in [0.25, 0.3) is 10.8 Å². The van der Waals surface area contributed by atoms with Gasteiger partial charge >= 0.3 is 0 Å². The van der Waals surface area contributed by atoms with E-state index in [1.54, 1.807) is 12.1 Å². The first-order chi connectivity index (χ1) is 14.9. The lowest BCUT2D eigenvalue weighted by atomic mass is 9.93. The molecule has 0 heterocycles. The number of ether oxygens (including phenoxy) is 1. The number of hydrogen-bond donors (Lipinski definition) is 2. The molecule has 3 aromatic carbocycles. The number of hydrogen-bond acceptors (Lipinski definition) is 3. The van der Waals surface area contributed by atoms with Gasteiger partial charge in [0, 0.05) is 12.1 Å². The summed E-state index contributed by atoms with van der Waals surface area (Å²) in [5.41, 5.74) is 2.10. The highest BCUT2D eigenvalue weighted by molar-refractivity contribution is 5.83. The predicted octanol–water partition coefficient (Wildman–Crippen LogP) is 5.42. The summed E-state index contributed by atoms with van der Waals surface area (Å²) in [5.74, 6) is 0.228. The maximum atomic E-state index is 13.2. The molecule has 0 radical (unpaired) electrons. The normalized spacial score (nSPS) is 16.4. The summed E-state index contributed by atoms with van der Waals surface area (Å²) in [7, 11) is 0. The molecule has 0 spiro atoms. The smallest absolute Gasteiger partial charge is 0.123 e. The van der Waals surface area contributed by atoms with Crippen molar-refractivity contribution >= 4 is 10.8 Å². The summed E-state index contributed by atoms with van der Waals surface area (Å²) in [6.45, 7) is 5.03. The van der Waals surface area contributed by atoms with Crippen molar-refractivity contribution in [3.63, 3.8) is 0 Å². The second-order valence-electron chi connectivity index (χ2n) is 9.42. The summed E-state index contributed by atoms with van der Waals surface area (Å²) in [4.78, 5) is 0. The van der Waals surface area contributed by atoms with E-state index in [-0.39, 0.29) is 24.1 Å². The molecule has 1 aliphatic rings. The van der Waals surface area contributed by atoms with E-state index in [9.17, 15) is 9.50 Å². The molecule has 4 rings (SSSR count). The van der Waals surface area contributed by atoms with Gasteiger partial charge in [-0.3, -0.25) is 0 Å². The lowest BCUT2D eigenvalue weighted by molar-refractivity contribution is -0.0211. The lowest BCUT2D eigenvalue weighted by Crippen LogP contribution is -2.46. The number of β-amino-alcohol motifs (C(OH)–C–C–N with tert-alkyl or cyclic N) is 1. The van der Waals surface area contributed by atoms with E-state index in [0.29, 0.717) is 12.5 Å². The van der Waals surface area contributed by atoms with Crippen molar-refractivity contribution in [2.24, 2.45) is 5.92 Å². The first-order valence-electron chi connectivity index (χ1n) is 11.2. The number of halogens is 1. The van der Waals surface area contributed by atoms with Crippen LogP contribution in [0.3, 0.4) is 0 Å². The van der Waals surface area contributed by atoms with Crippen molar-refractivity contribution in [1.29, 1.82) is 0 Å². The molecule has 3 aromatic rings. The van der Waals surface area contributed by atoms with E-state index in [4.69, 9.17) is 4.74 Å². The van der Waals surface area contributed by atoms with Crippen LogP contribution in [0.1, 0.15) is 43.9 Å². The van der Waals surface area contributed by atoms with Gasteiger partial charge in [0.1, 0.15) is 5.82 Å². The van der Waals surface area contributed by atoms with Gasteiger partial charge in [-0.05, 0) is 73.1 Å². The second-order valence-corrected chi connectivity index (χ2v) is 9.42. The molecule has 0 aliphatic heterocycles. The number of benzene rings is 3. The Morgan fingerprint density at radius 3 is 2.45 bits per heavy atom. The van der Waals surface area contributed by atoms with Gasteiger partial charge < -0.3 is 15.2 Å². The number of aliphatic hydroxyl groups excluding tert-OH is 1. The fourth-order valence-electron chi connectivity index (χ4n) is 4.15. The summed E-state index contributed by atoms with van der Waals surface area (Å²) in [5, 5.41) is 16.5. The van der Waals surface area contributed by atoms with Crippen molar-refractivity contribution < 1.29 is 14.2 Å². The van der Waals surface area contributed by atoms with Crippen molar-refractivity contribution in [2.45, 2.75) is 50.9 Å². The number of rotatable bonds is 10. The average molecular weight is 422 g/mol. The van der Waals surface area contributed by atoms with Crippen LogP contribution in [0.2, 0.25) is 0 Å². The molecule has 0 bridgehead atoms. The molecule has 0 aromatic heterocycles. The van der Waals surface area contributed by atoms with E-state index in [2.05, 4.69) is 61.6 Å². The monoisotopic (exact) mass is 421 g/mol. The highest BCUT2D eigenvalue weighted by atomic mass is 19.1. The third kappa shape index (κ3) is 6.13. The van der Waals surface area contributed by atoms with E-state index in [0.717, 1.165) is 24.8 Å². The van der Waals surface area contributed by atoms with E-state index in [1.165, 1.54) is 28.5 Å². The van der Waals surface area contributed by atoms with Gasteiger partial charge in [-0.2, -0.15) is 0 Å². The Morgan fingerprint density at radius 1 is 1.03 bits per heavy atom. The minimum absolute atomic E-state index is 0.0686. The van der Waals surface area contributed by atoms with Crippen LogP contribution >= 0.6 is 0 Å². The zero-order valence-electron chi connectivity index (χ0n) is 18.4. The number of nitrogens with one attached hydrogen (secondary N) is 1. The molecule has 3 nitrogen and oxygen atoms in total. The van der Waals surface area contributed by atoms with Gasteiger partial charge in [0.15, 0.2) is 0 Å².